The Hall–Kier alpha value is -2.91. The summed E-state index contributed by atoms with van der Waals surface area (Å²) in [4.78, 5) is 4.52. The van der Waals surface area contributed by atoms with Crippen molar-refractivity contribution in [3.05, 3.63) is 54.0 Å². The Morgan fingerprint density at radius 1 is 0.935 bits per heavy atom. The summed E-state index contributed by atoms with van der Waals surface area (Å²) in [7, 11) is 0. The molecule has 2 aliphatic rings. The summed E-state index contributed by atoms with van der Waals surface area (Å²) >= 11 is 0. The topological polar surface area (TPSA) is 80.4 Å². The van der Waals surface area contributed by atoms with Crippen LogP contribution in [0.3, 0.4) is 0 Å². The number of rotatable bonds is 5. The molecule has 3 aromatic rings. The number of halogens is 1. The monoisotopic (exact) mass is 424 g/mol. The summed E-state index contributed by atoms with van der Waals surface area (Å²) < 4.78 is 24.8. The maximum Gasteiger partial charge on any atom is 0.230 e. The maximum absolute atomic E-state index is 13.4. The highest BCUT2D eigenvalue weighted by Gasteiger charge is 2.24. The summed E-state index contributed by atoms with van der Waals surface area (Å²) in [5.74, 6) is 2.29. The van der Waals surface area contributed by atoms with Gasteiger partial charge in [0.25, 0.3) is 0 Å². The first-order chi connectivity index (χ1) is 15.2. The third kappa shape index (κ3) is 4.72. The molecule has 0 N–H and O–H groups in total. The van der Waals surface area contributed by atoms with Gasteiger partial charge in [-0.25, -0.2) is 4.39 Å². The number of anilines is 1. The predicted octanol–water partition coefficient (Wildman–Crippen LogP) is 2.88. The van der Waals surface area contributed by atoms with E-state index in [-0.39, 0.29) is 5.82 Å². The summed E-state index contributed by atoms with van der Waals surface area (Å²) in [5.41, 5.74) is 1.39. The second-order valence-electron chi connectivity index (χ2n) is 7.97. The van der Waals surface area contributed by atoms with Gasteiger partial charge >= 0.3 is 0 Å². The van der Waals surface area contributed by atoms with Crippen molar-refractivity contribution in [2.75, 3.05) is 44.3 Å². The quantitative estimate of drug-likeness (QED) is 0.619. The summed E-state index contributed by atoms with van der Waals surface area (Å²) in [6, 6.07) is 10.2. The Morgan fingerprint density at radius 3 is 2.52 bits per heavy atom. The average molecular weight is 424 g/mol. The highest BCUT2D eigenvalue weighted by molar-refractivity contribution is 5.59. The number of benzene rings is 1. The summed E-state index contributed by atoms with van der Waals surface area (Å²) in [5, 5.41) is 17.1. The van der Waals surface area contributed by atoms with Crippen LogP contribution in [0.25, 0.3) is 11.3 Å². The van der Waals surface area contributed by atoms with Crippen molar-refractivity contribution >= 4 is 5.82 Å². The first kappa shape index (κ1) is 20.0. The molecule has 0 amide bonds. The second-order valence-corrected chi connectivity index (χ2v) is 7.97. The SMILES string of the molecule is Fc1cccc(-c2ccc(N3CCN(Cc4nnc(C5CCOCC5)o4)CC3)nn2)c1. The molecule has 8 nitrogen and oxygen atoms in total. The molecule has 9 heteroatoms. The van der Waals surface area contributed by atoms with Crippen LogP contribution in [-0.4, -0.2) is 64.7 Å². The van der Waals surface area contributed by atoms with Crippen LogP contribution >= 0.6 is 0 Å². The molecule has 0 radical (unpaired) electrons. The molecule has 5 rings (SSSR count). The Labute approximate surface area is 180 Å². The Balaban J connectivity index is 1.15. The lowest BCUT2D eigenvalue weighted by atomic mass is 10.0. The molecule has 0 saturated carbocycles. The molecule has 2 aromatic heterocycles. The van der Waals surface area contributed by atoms with Gasteiger partial charge in [0.05, 0.1) is 12.2 Å². The van der Waals surface area contributed by atoms with Crippen molar-refractivity contribution in [3.63, 3.8) is 0 Å². The zero-order valence-corrected chi connectivity index (χ0v) is 17.3. The molecular weight excluding hydrogens is 399 g/mol. The number of hydrogen-bond donors (Lipinski definition) is 0. The Kier molecular flexibility index (Phi) is 5.86. The minimum absolute atomic E-state index is 0.277. The molecule has 0 unspecified atom stereocenters. The van der Waals surface area contributed by atoms with E-state index in [1.807, 2.05) is 18.2 Å². The highest BCUT2D eigenvalue weighted by atomic mass is 19.1. The predicted molar refractivity (Wildman–Crippen MR) is 112 cm³/mol. The van der Waals surface area contributed by atoms with Crippen LogP contribution in [-0.2, 0) is 11.3 Å². The van der Waals surface area contributed by atoms with E-state index in [0.29, 0.717) is 24.0 Å². The number of aromatic nitrogens is 4. The Bertz CT molecular complexity index is 997. The highest BCUT2D eigenvalue weighted by Crippen LogP contribution is 2.26. The fourth-order valence-corrected chi connectivity index (χ4v) is 4.06. The number of hydrogen-bond acceptors (Lipinski definition) is 8. The largest absolute Gasteiger partial charge is 0.424 e. The van der Waals surface area contributed by atoms with Gasteiger partial charge in [-0.15, -0.1) is 20.4 Å². The zero-order chi connectivity index (χ0) is 21.0. The molecule has 0 aliphatic carbocycles. The summed E-state index contributed by atoms with van der Waals surface area (Å²) in [6.07, 6.45) is 1.89. The van der Waals surface area contributed by atoms with Crippen LogP contribution < -0.4 is 4.90 Å². The van der Waals surface area contributed by atoms with Gasteiger partial charge in [0, 0.05) is 50.9 Å². The van der Waals surface area contributed by atoms with Gasteiger partial charge in [-0.1, -0.05) is 12.1 Å². The van der Waals surface area contributed by atoms with Gasteiger partial charge in [-0.3, -0.25) is 4.90 Å². The fraction of sp³-hybridized carbons (Fsp3) is 0.455. The smallest absolute Gasteiger partial charge is 0.230 e. The van der Waals surface area contributed by atoms with Gasteiger partial charge < -0.3 is 14.1 Å². The van der Waals surface area contributed by atoms with Crippen LogP contribution in [0.15, 0.2) is 40.8 Å². The van der Waals surface area contributed by atoms with Gasteiger partial charge in [0.15, 0.2) is 5.82 Å². The van der Waals surface area contributed by atoms with E-state index < -0.39 is 0 Å². The molecule has 162 valence electrons. The van der Waals surface area contributed by atoms with Crippen LogP contribution in [0.1, 0.15) is 30.5 Å². The lowest BCUT2D eigenvalue weighted by molar-refractivity contribution is 0.0788. The third-order valence-electron chi connectivity index (χ3n) is 5.88. The lowest BCUT2D eigenvalue weighted by Gasteiger charge is -2.34. The van der Waals surface area contributed by atoms with Crippen LogP contribution in [0, 0.1) is 5.82 Å². The van der Waals surface area contributed by atoms with Crippen molar-refractivity contribution in [1.82, 2.24) is 25.3 Å². The maximum atomic E-state index is 13.4. The van der Waals surface area contributed by atoms with E-state index >= 15 is 0 Å². The van der Waals surface area contributed by atoms with Gasteiger partial charge in [-0.2, -0.15) is 0 Å². The molecule has 2 saturated heterocycles. The van der Waals surface area contributed by atoms with E-state index in [4.69, 9.17) is 9.15 Å². The number of piperazine rings is 1. The van der Waals surface area contributed by atoms with E-state index in [1.165, 1.54) is 12.1 Å². The molecule has 1 aromatic carbocycles. The molecular formula is C22H25FN6O2. The van der Waals surface area contributed by atoms with Crippen molar-refractivity contribution in [2.45, 2.75) is 25.3 Å². The van der Waals surface area contributed by atoms with Gasteiger partial charge in [0.1, 0.15) is 5.82 Å². The molecule has 0 bridgehead atoms. The number of nitrogens with zero attached hydrogens (tertiary/aromatic N) is 6. The molecule has 2 fully saturated rings. The van der Waals surface area contributed by atoms with E-state index in [0.717, 1.165) is 69.5 Å². The van der Waals surface area contributed by atoms with Gasteiger partial charge in [-0.05, 0) is 37.1 Å². The minimum Gasteiger partial charge on any atom is -0.424 e. The first-order valence-corrected chi connectivity index (χ1v) is 10.7. The minimum atomic E-state index is -0.277. The van der Waals surface area contributed by atoms with Crippen molar-refractivity contribution in [2.24, 2.45) is 0 Å². The molecule has 4 heterocycles. The molecule has 31 heavy (non-hydrogen) atoms. The molecule has 2 aliphatic heterocycles. The number of ether oxygens (including phenoxy) is 1. The van der Waals surface area contributed by atoms with Crippen LogP contribution in [0.4, 0.5) is 10.2 Å². The van der Waals surface area contributed by atoms with Crippen molar-refractivity contribution in [3.8, 4) is 11.3 Å². The van der Waals surface area contributed by atoms with E-state index in [9.17, 15) is 4.39 Å². The normalized spacial score (nSPS) is 18.4. The average Bonchev–Trinajstić information content (AvgIpc) is 3.29. The van der Waals surface area contributed by atoms with Crippen molar-refractivity contribution in [1.29, 1.82) is 0 Å². The standard InChI is InChI=1S/C22H25FN6O2/c23-18-3-1-2-17(14-18)19-4-5-20(25-24-19)29-10-8-28(9-11-29)15-21-26-27-22(31-21)16-6-12-30-13-7-16/h1-5,14,16H,6-13,15H2. The Morgan fingerprint density at radius 2 is 1.77 bits per heavy atom. The molecule has 0 atom stereocenters. The van der Waals surface area contributed by atoms with Crippen molar-refractivity contribution < 1.29 is 13.5 Å². The second kappa shape index (κ2) is 9.07. The van der Waals surface area contributed by atoms with Gasteiger partial charge in [0.2, 0.25) is 11.8 Å². The fourth-order valence-electron chi connectivity index (χ4n) is 4.06. The summed E-state index contributed by atoms with van der Waals surface area (Å²) in [6.45, 7) is 5.62. The van der Waals surface area contributed by atoms with E-state index in [1.54, 1.807) is 6.07 Å². The van der Waals surface area contributed by atoms with Crippen LogP contribution in [0.2, 0.25) is 0 Å². The first-order valence-electron chi connectivity index (χ1n) is 10.7. The zero-order valence-electron chi connectivity index (χ0n) is 17.3. The lowest BCUT2D eigenvalue weighted by Crippen LogP contribution is -2.46. The van der Waals surface area contributed by atoms with Crippen LogP contribution in [0.5, 0.6) is 0 Å². The molecule has 0 spiro atoms. The third-order valence-corrected chi connectivity index (χ3v) is 5.88. The van der Waals surface area contributed by atoms with E-state index in [2.05, 4.69) is 30.2 Å².